The molecule has 1 aromatic carbocycles. The van der Waals surface area contributed by atoms with E-state index in [4.69, 9.17) is 5.73 Å². The van der Waals surface area contributed by atoms with Crippen LogP contribution in [0.4, 0.5) is 4.39 Å². The van der Waals surface area contributed by atoms with Crippen LogP contribution in [0.5, 0.6) is 0 Å². The molecule has 0 aliphatic rings. The summed E-state index contributed by atoms with van der Waals surface area (Å²) in [5.74, 6) is -0.231. The first kappa shape index (κ1) is 13.0. The van der Waals surface area contributed by atoms with Gasteiger partial charge in [0.05, 0.1) is 6.20 Å². The van der Waals surface area contributed by atoms with Gasteiger partial charge >= 0.3 is 0 Å². The Morgan fingerprint density at radius 2 is 2.11 bits per heavy atom. The normalized spacial score (nSPS) is 12.4. The van der Waals surface area contributed by atoms with Gasteiger partial charge in [-0.15, -0.1) is 0 Å². The summed E-state index contributed by atoms with van der Waals surface area (Å²) in [6.07, 6.45) is 4.92. The van der Waals surface area contributed by atoms with Gasteiger partial charge in [0.25, 0.3) is 0 Å². The van der Waals surface area contributed by atoms with Gasteiger partial charge < -0.3 is 5.73 Å². The van der Waals surface area contributed by atoms with E-state index in [1.54, 1.807) is 31.6 Å². The van der Waals surface area contributed by atoms with Crippen LogP contribution in [0.2, 0.25) is 0 Å². The second-order valence-electron chi connectivity index (χ2n) is 4.07. The Morgan fingerprint density at radius 1 is 1.33 bits per heavy atom. The van der Waals surface area contributed by atoms with Gasteiger partial charge in [0.2, 0.25) is 0 Å². The third-order valence-electron chi connectivity index (χ3n) is 2.54. The third kappa shape index (κ3) is 2.86. The van der Waals surface area contributed by atoms with Gasteiger partial charge in [0.1, 0.15) is 10.8 Å². The maximum atomic E-state index is 13.6. The van der Waals surface area contributed by atoms with Crippen molar-refractivity contribution in [1.29, 1.82) is 0 Å². The molecular weight excluding hydrogens is 249 g/mol. The van der Waals surface area contributed by atoms with Crippen LogP contribution in [0.25, 0.3) is 0 Å². The fraction of sp³-hybridized carbons (Fsp3) is 0.231. The van der Waals surface area contributed by atoms with Gasteiger partial charge in [-0.1, -0.05) is 11.8 Å². The summed E-state index contributed by atoms with van der Waals surface area (Å²) < 4.78 is 13.6. The second-order valence-corrected chi connectivity index (χ2v) is 5.14. The number of benzene rings is 1. The average molecular weight is 263 g/mol. The van der Waals surface area contributed by atoms with E-state index in [2.05, 4.69) is 9.97 Å². The van der Waals surface area contributed by atoms with Crippen LogP contribution in [0, 0.1) is 12.7 Å². The fourth-order valence-electron chi connectivity index (χ4n) is 1.57. The van der Waals surface area contributed by atoms with Gasteiger partial charge in [-0.3, -0.25) is 4.98 Å². The zero-order valence-corrected chi connectivity index (χ0v) is 11.0. The highest BCUT2D eigenvalue weighted by atomic mass is 32.2. The van der Waals surface area contributed by atoms with Gasteiger partial charge in [0, 0.05) is 23.3 Å². The molecule has 3 nitrogen and oxygen atoms in total. The molecule has 0 spiro atoms. The Balaban J connectivity index is 2.40. The molecule has 0 saturated carbocycles. The van der Waals surface area contributed by atoms with Gasteiger partial charge in [-0.25, -0.2) is 9.37 Å². The van der Waals surface area contributed by atoms with Crippen molar-refractivity contribution >= 4 is 11.8 Å². The highest BCUT2D eigenvalue weighted by Crippen LogP contribution is 2.33. The summed E-state index contributed by atoms with van der Waals surface area (Å²) in [5.41, 5.74) is 7.26. The molecule has 5 heteroatoms. The van der Waals surface area contributed by atoms with E-state index in [9.17, 15) is 4.39 Å². The molecule has 0 radical (unpaired) electrons. The number of aryl methyl sites for hydroxylation is 1. The van der Waals surface area contributed by atoms with Gasteiger partial charge in [-0.05, 0) is 37.1 Å². The summed E-state index contributed by atoms with van der Waals surface area (Å²) in [5, 5.41) is 0.769. The van der Waals surface area contributed by atoms with Gasteiger partial charge in [-0.2, -0.15) is 0 Å². The highest BCUT2D eigenvalue weighted by Gasteiger charge is 2.12. The Hall–Kier alpha value is -1.46. The van der Waals surface area contributed by atoms with Crippen molar-refractivity contribution in [3.63, 3.8) is 0 Å². The lowest BCUT2D eigenvalue weighted by atomic mass is 10.1. The largest absolute Gasteiger partial charge is 0.324 e. The van der Waals surface area contributed by atoms with Crippen molar-refractivity contribution in [1.82, 2.24) is 9.97 Å². The summed E-state index contributed by atoms with van der Waals surface area (Å²) in [4.78, 5) is 9.12. The first-order valence-corrected chi connectivity index (χ1v) is 6.39. The maximum Gasteiger partial charge on any atom is 0.126 e. The minimum absolute atomic E-state index is 0.223. The molecule has 2 N–H and O–H groups in total. The molecule has 0 aliphatic heterocycles. The van der Waals surface area contributed by atoms with Crippen molar-refractivity contribution < 1.29 is 4.39 Å². The zero-order chi connectivity index (χ0) is 13.1. The number of hydrogen-bond donors (Lipinski definition) is 1. The van der Waals surface area contributed by atoms with Crippen molar-refractivity contribution in [2.24, 2.45) is 5.73 Å². The quantitative estimate of drug-likeness (QED) is 0.924. The summed E-state index contributed by atoms with van der Waals surface area (Å²) in [6, 6.07) is 3.07. The van der Waals surface area contributed by atoms with Crippen LogP contribution in [0.1, 0.15) is 24.1 Å². The summed E-state index contributed by atoms with van der Waals surface area (Å²) in [6.45, 7) is 3.58. The van der Waals surface area contributed by atoms with E-state index in [1.165, 1.54) is 17.8 Å². The standard InChI is InChI=1S/C13H14FN3S/c1-8-5-12(10(9(2)15)6-11(8)14)18-13-7-16-3-4-17-13/h3-7,9H,15H2,1-2H3/t9-/m0/s1. The van der Waals surface area contributed by atoms with Crippen molar-refractivity contribution in [2.45, 2.75) is 29.8 Å². The van der Waals surface area contributed by atoms with E-state index in [0.717, 1.165) is 15.5 Å². The van der Waals surface area contributed by atoms with E-state index >= 15 is 0 Å². The van der Waals surface area contributed by atoms with Crippen LogP contribution >= 0.6 is 11.8 Å². The number of halogens is 1. The van der Waals surface area contributed by atoms with E-state index in [-0.39, 0.29) is 11.9 Å². The van der Waals surface area contributed by atoms with E-state index < -0.39 is 0 Å². The summed E-state index contributed by atoms with van der Waals surface area (Å²) in [7, 11) is 0. The lowest BCUT2D eigenvalue weighted by Gasteiger charge is -2.13. The Labute approximate surface area is 110 Å². The molecule has 0 unspecified atom stereocenters. The molecule has 0 fully saturated rings. The average Bonchev–Trinajstić information content (AvgIpc) is 2.34. The lowest BCUT2D eigenvalue weighted by molar-refractivity contribution is 0.610. The Morgan fingerprint density at radius 3 is 2.72 bits per heavy atom. The molecule has 2 aromatic rings. The molecule has 0 bridgehead atoms. The molecule has 0 aliphatic carbocycles. The smallest absolute Gasteiger partial charge is 0.126 e. The first-order valence-electron chi connectivity index (χ1n) is 5.57. The molecular formula is C13H14FN3S. The predicted molar refractivity (Wildman–Crippen MR) is 69.9 cm³/mol. The van der Waals surface area contributed by atoms with Gasteiger partial charge in [0.15, 0.2) is 0 Å². The zero-order valence-electron chi connectivity index (χ0n) is 10.2. The highest BCUT2D eigenvalue weighted by molar-refractivity contribution is 7.99. The van der Waals surface area contributed by atoms with E-state index in [1.807, 2.05) is 6.92 Å². The molecule has 94 valence electrons. The minimum Gasteiger partial charge on any atom is -0.324 e. The third-order valence-corrected chi connectivity index (χ3v) is 3.53. The van der Waals surface area contributed by atoms with Crippen LogP contribution in [0.3, 0.4) is 0 Å². The molecule has 1 heterocycles. The molecule has 0 amide bonds. The Bertz CT molecular complexity index is 543. The number of nitrogens with two attached hydrogens (primary N) is 1. The minimum atomic E-state index is -0.231. The van der Waals surface area contributed by atoms with Crippen LogP contribution in [-0.4, -0.2) is 9.97 Å². The Kier molecular flexibility index (Phi) is 3.93. The SMILES string of the molecule is Cc1cc(Sc2cnccn2)c([C@H](C)N)cc1F. The number of rotatable bonds is 3. The van der Waals surface area contributed by atoms with Crippen molar-refractivity contribution in [3.8, 4) is 0 Å². The van der Waals surface area contributed by atoms with Crippen molar-refractivity contribution in [2.75, 3.05) is 0 Å². The monoisotopic (exact) mass is 263 g/mol. The molecule has 18 heavy (non-hydrogen) atoms. The molecule has 1 aromatic heterocycles. The van der Waals surface area contributed by atoms with E-state index in [0.29, 0.717) is 5.56 Å². The summed E-state index contributed by atoms with van der Waals surface area (Å²) >= 11 is 1.45. The molecule has 0 saturated heterocycles. The first-order chi connectivity index (χ1) is 8.58. The van der Waals surface area contributed by atoms with Crippen LogP contribution in [0.15, 0.2) is 40.6 Å². The molecule has 1 atom stereocenters. The second kappa shape index (κ2) is 5.46. The molecule has 2 rings (SSSR count). The number of hydrogen-bond acceptors (Lipinski definition) is 4. The van der Waals surface area contributed by atoms with Crippen molar-refractivity contribution in [3.05, 3.63) is 47.7 Å². The predicted octanol–water partition coefficient (Wildman–Crippen LogP) is 3.10. The number of aromatic nitrogens is 2. The van der Waals surface area contributed by atoms with Crippen LogP contribution in [-0.2, 0) is 0 Å². The fourth-order valence-corrected chi connectivity index (χ4v) is 2.62. The van der Waals surface area contributed by atoms with Crippen LogP contribution < -0.4 is 5.73 Å². The number of nitrogens with zero attached hydrogens (tertiary/aromatic N) is 2. The maximum absolute atomic E-state index is 13.6. The topological polar surface area (TPSA) is 51.8 Å². The lowest BCUT2D eigenvalue weighted by Crippen LogP contribution is -2.07.